The molecule has 1 N–H and O–H groups in total. The summed E-state index contributed by atoms with van der Waals surface area (Å²) in [5.74, 6) is 2.30. The monoisotopic (exact) mass is 456 g/mol. The molecule has 0 spiro atoms. The predicted molar refractivity (Wildman–Crippen MR) is 114 cm³/mol. The molecule has 0 amide bonds. The highest BCUT2D eigenvalue weighted by atomic mass is 35.5. The van der Waals surface area contributed by atoms with Gasteiger partial charge >= 0.3 is 0 Å². The van der Waals surface area contributed by atoms with Crippen LogP contribution in [0.4, 0.5) is 11.6 Å². The van der Waals surface area contributed by atoms with Crippen LogP contribution in [0, 0.1) is 0 Å². The first-order chi connectivity index (χ1) is 13.5. The summed E-state index contributed by atoms with van der Waals surface area (Å²) in [5, 5.41) is 4.44. The van der Waals surface area contributed by atoms with Crippen LogP contribution in [-0.4, -0.2) is 49.1 Å². The number of hydrogen-bond donors (Lipinski definition) is 1. The van der Waals surface area contributed by atoms with Crippen molar-refractivity contribution < 1.29 is 4.55 Å². The molecule has 0 unspecified atom stereocenters. The molecule has 7 nitrogen and oxygen atoms in total. The van der Waals surface area contributed by atoms with Crippen molar-refractivity contribution in [1.82, 2.24) is 19.9 Å². The van der Waals surface area contributed by atoms with Gasteiger partial charge in [-0.05, 0) is 23.7 Å². The quantitative estimate of drug-likeness (QED) is 0.473. The highest BCUT2D eigenvalue weighted by Crippen LogP contribution is 2.30. The van der Waals surface area contributed by atoms with E-state index in [9.17, 15) is 4.55 Å². The van der Waals surface area contributed by atoms with Crippen molar-refractivity contribution in [2.75, 3.05) is 34.8 Å². The first-order valence-electron chi connectivity index (χ1n) is 8.48. The molecule has 0 saturated carbocycles. The summed E-state index contributed by atoms with van der Waals surface area (Å²) >= 11 is 17.9. The average Bonchev–Trinajstić information content (AvgIpc) is 2.68. The maximum atomic E-state index is 11.7. The van der Waals surface area contributed by atoms with E-state index in [0.717, 1.165) is 5.56 Å². The average molecular weight is 458 g/mol. The zero-order valence-corrected chi connectivity index (χ0v) is 17.6. The zero-order valence-electron chi connectivity index (χ0n) is 14.5. The first kappa shape index (κ1) is 19.7. The minimum absolute atomic E-state index is 0.0998. The van der Waals surface area contributed by atoms with E-state index in [1.54, 1.807) is 18.2 Å². The molecule has 3 aromatic rings. The molecule has 28 heavy (non-hydrogen) atoms. The van der Waals surface area contributed by atoms with Crippen molar-refractivity contribution in [3.05, 3.63) is 45.4 Å². The van der Waals surface area contributed by atoms with E-state index in [0.29, 0.717) is 63.9 Å². The molecule has 4 rings (SSSR count). The van der Waals surface area contributed by atoms with Crippen molar-refractivity contribution >= 4 is 68.6 Å². The molecule has 1 fully saturated rings. The Labute approximate surface area is 179 Å². The number of nitrogens with zero attached hydrogens (tertiary/aromatic N) is 5. The van der Waals surface area contributed by atoms with Crippen molar-refractivity contribution in [2.24, 2.45) is 0 Å². The summed E-state index contributed by atoms with van der Waals surface area (Å²) in [6, 6.07) is 5.35. The van der Waals surface area contributed by atoms with Gasteiger partial charge in [0.15, 0.2) is 11.6 Å². The Bertz CT molecular complexity index is 995. The normalized spacial score (nSPS) is 15.2. The largest absolute Gasteiger partial charge is 0.616 e. The van der Waals surface area contributed by atoms with Crippen molar-refractivity contribution in [3.8, 4) is 0 Å². The van der Waals surface area contributed by atoms with Crippen LogP contribution in [0.25, 0.3) is 11.0 Å². The second-order valence-corrected chi connectivity index (χ2v) is 8.97. The number of benzene rings is 1. The van der Waals surface area contributed by atoms with Gasteiger partial charge in [-0.15, -0.1) is 0 Å². The summed E-state index contributed by atoms with van der Waals surface area (Å²) in [4.78, 5) is 19.4. The lowest BCUT2D eigenvalue weighted by atomic mass is 10.2. The zero-order chi connectivity index (χ0) is 19.7. The number of hydrogen-bond acceptors (Lipinski definition) is 7. The van der Waals surface area contributed by atoms with Crippen molar-refractivity contribution in [3.63, 3.8) is 0 Å². The number of anilines is 2. The summed E-state index contributed by atoms with van der Waals surface area (Å²) in [6.45, 7) is 1.61. The van der Waals surface area contributed by atoms with Crippen molar-refractivity contribution in [1.29, 1.82) is 0 Å². The van der Waals surface area contributed by atoms with E-state index in [1.165, 1.54) is 6.33 Å². The lowest BCUT2D eigenvalue weighted by Crippen LogP contribution is -2.41. The van der Waals surface area contributed by atoms with Crippen molar-refractivity contribution in [2.45, 2.75) is 6.54 Å². The van der Waals surface area contributed by atoms with Gasteiger partial charge in [0.25, 0.3) is 0 Å². The van der Waals surface area contributed by atoms with Crippen LogP contribution in [0.15, 0.2) is 24.5 Å². The fourth-order valence-electron chi connectivity index (χ4n) is 2.98. The Balaban J connectivity index is 1.68. The summed E-state index contributed by atoms with van der Waals surface area (Å²) < 4.78 is 11.7. The second kappa shape index (κ2) is 8.42. The topological polar surface area (TPSA) is 89.9 Å². The van der Waals surface area contributed by atoms with E-state index in [2.05, 4.69) is 25.3 Å². The third-order valence-corrected chi connectivity index (χ3v) is 6.56. The molecule has 11 heteroatoms. The molecule has 1 aliphatic heterocycles. The molecular weight excluding hydrogens is 443 g/mol. The van der Waals surface area contributed by atoms with Crippen LogP contribution >= 0.6 is 34.8 Å². The number of nitrogens with one attached hydrogen (secondary N) is 1. The Kier molecular flexibility index (Phi) is 5.93. The molecule has 0 atom stereocenters. The van der Waals surface area contributed by atoms with E-state index >= 15 is 0 Å². The summed E-state index contributed by atoms with van der Waals surface area (Å²) in [5.41, 5.74) is 1.85. The Morgan fingerprint density at radius 1 is 1.04 bits per heavy atom. The van der Waals surface area contributed by atoms with Crippen LogP contribution < -0.4 is 10.2 Å². The molecule has 0 radical (unpaired) electrons. The number of fused-ring (bicyclic) bond motifs is 1. The van der Waals surface area contributed by atoms with E-state index in [4.69, 9.17) is 34.8 Å². The number of rotatable bonds is 4. The molecule has 1 aliphatic rings. The van der Waals surface area contributed by atoms with Crippen LogP contribution in [-0.2, 0) is 17.7 Å². The predicted octanol–water partition coefficient (Wildman–Crippen LogP) is 3.56. The standard InChI is InChI=1S/C17H15Cl3N6OS/c18-11-2-1-3-12(19)10(11)8-21-15-13-14(22-9-23-15)16(25-17(20)24-13)26-4-6-28(27)7-5-26/h1-3,9H,4-8H2,(H,21,22,23). The van der Waals surface area contributed by atoms with E-state index < -0.39 is 11.2 Å². The minimum atomic E-state index is -0.795. The lowest BCUT2D eigenvalue weighted by Gasteiger charge is -2.29. The van der Waals surface area contributed by atoms with Gasteiger partial charge in [-0.25, -0.2) is 15.0 Å². The molecule has 0 bridgehead atoms. The van der Waals surface area contributed by atoms with Gasteiger partial charge in [-0.1, -0.05) is 40.4 Å². The summed E-state index contributed by atoms with van der Waals surface area (Å²) in [6.07, 6.45) is 1.45. The van der Waals surface area contributed by atoms with Gasteiger partial charge < -0.3 is 14.8 Å². The Morgan fingerprint density at radius 2 is 1.75 bits per heavy atom. The molecule has 1 aromatic carbocycles. The van der Waals surface area contributed by atoms with Crippen LogP contribution in [0.1, 0.15) is 5.56 Å². The lowest BCUT2D eigenvalue weighted by molar-refractivity contribution is 0.585. The summed E-state index contributed by atoms with van der Waals surface area (Å²) in [7, 11) is 0. The highest BCUT2D eigenvalue weighted by molar-refractivity contribution is 7.91. The molecule has 1 saturated heterocycles. The molecule has 2 aromatic heterocycles. The maximum Gasteiger partial charge on any atom is 0.225 e. The fraction of sp³-hybridized carbons (Fsp3) is 0.294. The second-order valence-electron chi connectivity index (χ2n) is 6.12. The molecule has 0 aliphatic carbocycles. The molecule has 3 heterocycles. The Hall–Kier alpha value is -1.58. The molecular formula is C17H15Cl3N6OS. The fourth-order valence-corrected chi connectivity index (χ4v) is 4.73. The van der Waals surface area contributed by atoms with Gasteiger partial charge in [0.2, 0.25) is 5.28 Å². The number of halogens is 3. The van der Waals surface area contributed by atoms with Crippen LogP contribution in [0.2, 0.25) is 15.3 Å². The van der Waals surface area contributed by atoms with Gasteiger partial charge in [0, 0.05) is 22.2 Å². The SMILES string of the molecule is [O-][S+]1CCN(c2nc(Cl)nc3c(NCc4c(Cl)cccc4Cl)ncnc23)CC1. The van der Waals surface area contributed by atoms with Gasteiger partial charge in [0.05, 0.1) is 13.1 Å². The third-order valence-electron chi connectivity index (χ3n) is 4.41. The third kappa shape index (κ3) is 4.06. The van der Waals surface area contributed by atoms with Crippen LogP contribution in [0.3, 0.4) is 0 Å². The van der Waals surface area contributed by atoms with Crippen LogP contribution in [0.5, 0.6) is 0 Å². The smallest absolute Gasteiger partial charge is 0.225 e. The molecule has 146 valence electrons. The maximum absolute atomic E-state index is 11.7. The first-order valence-corrected chi connectivity index (χ1v) is 11.1. The van der Waals surface area contributed by atoms with E-state index in [1.807, 2.05) is 4.90 Å². The minimum Gasteiger partial charge on any atom is -0.616 e. The van der Waals surface area contributed by atoms with E-state index in [-0.39, 0.29) is 5.28 Å². The number of aromatic nitrogens is 4. The van der Waals surface area contributed by atoms with Gasteiger partial charge in [0.1, 0.15) is 28.9 Å². The van der Waals surface area contributed by atoms with Gasteiger partial charge in [-0.3, -0.25) is 0 Å². The Morgan fingerprint density at radius 3 is 2.46 bits per heavy atom. The highest BCUT2D eigenvalue weighted by Gasteiger charge is 2.24. The van der Waals surface area contributed by atoms with Gasteiger partial charge in [-0.2, -0.15) is 4.98 Å².